The zero-order valence-corrected chi connectivity index (χ0v) is 24.3. The lowest BCUT2D eigenvalue weighted by atomic mass is 10.1. The first-order valence-corrected chi connectivity index (χ1v) is 17.1. The van der Waals surface area contributed by atoms with Crippen molar-refractivity contribution in [2.24, 2.45) is 0 Å². The normalized spacial score (nSPS) is 11.2. The first-order valence-electron chi connectivity index (χ1n) is 14.6. The van der Waals surface area contributed by atoms with E-state index in [0.717, 1.165) is 13.1 Å². The van der Waals surface area contributed by atoms with E-state index in [1.165, 1.54) is 134 Å². The molecule has 34 heavy (non-hydrogen) atoms. The molecule has 1 N–H and O–H groups in total. The van der Waals surface area contributed by atoms with E-state index in [0.29, 0.717) is 6.42 Å². The van der Waals surface area contributed by atoms with Gasteiger partial charge in [0.1, 0.15) is 0 Å². The molecule has 4 nitrogen and oxygen atoms in total. The third kappa shape index (κ3) is 27.6. The van der Waals surface area contributed by atoms with Gasteiger partial charge in [0.25, 0.3) is 0 Å². The van der Waals surface area contributed by atoms with Gasteiger partial charge in [-0.25, -0.2) is 0 Å². The number of aliphatic carboxylic acids is 2. The summed E-state index contributed by atoms with van der Waals surface area (Å²) in [6, 6.07) is 0. The summed E-state index contributed by atoms with van der Waals surface area (Å²) in [7, 11) is -1.10. The summed E-state index contributed by atoms with van der Waals surface area (Å²) in [5, 5.41) is 18.3. The first-order chi connectivity index (χ1) is 16.3. The molecule has 0 atom stereocenters. The number of carbonyl (C=O) groups excluding carboxylic acids is 1. The maximum Gasteiger partial charge on any atom is 0.307 e. The SMILES string of the molecule is CC(=O)[O-].CCCCCCCC[P+](CCCCCCCC)(CCCCCCCC)CCC(=O)O. The van der Waals surface area contributed by atoms with Crippen LogP contribution in [0.5, 0.6) is 0 Å². The monoisotopic (exact) mass is 502 g/mol. The van der Waals surface area contributed by atoms with Gasteiger partial charge in [0.2, 0.25) is 0 Å². The van der Waals surface area contributed by atoms with Crippen LogP contribution in [0.15, 0.2) is 0 Å². The molecule has 0 heterocycles. The number of carbonyl (C=O) groups is 2. The summed E-state index contributed by atoms with van der Waals surface area (Å²) in [5.41, 5.74) is 0. The summed E-state index contributed by atoms with van der Waals surface area (Å²) in [4.78, 5) is 20.3. The van der Waals surface area contributed by atoms with Crippen LogP contribution in [-0.2, 0) is 9.59 Å². The summed E-state index contributed by atoms with van der Waals surface area (Å²) in [6.07, 6.45) is 30.0. The van der Waals surface area contributed by atoms with Gasteiger partial charge in [-0.05, 0) is 45.4 Å². The predicted molar refractivity (Wildman–Crippen MR) is 149 cm³/mol. The van der Waals surface area contributed by atoms with E-state index in [9.17, 15) is 9.90 Å². The van der Waals surface area contributed by atoms with Gasteiger partial charge < -0.3 is 15.0 Å². The average molecular weight is 503 g/mol. The number of carboxylic acid groups (broad SMARTS) is 2. The van der Waals surface area contributed by atoms with Gasteiger partial charge in [-0.1, -0.05) is 97.8 Å². The maximum absolute atomic E-state index is 11.4. The van der Waals surface area contributed by atoms with Crippen LogP contribution in [0.2, 0.25) is 0 Å². The van der Waals surface area contributed by atoms with Crippen LogP contribution < -0.4 is 5.11 Å². The van der Waals surface area contributed by atoms with Crippen LogP contribution in [0.3, 0.4) is 0 Å². The fraction of sp³-hybridized carbons (Fsp3) is 0.931. The Bertz CT molecular complexity index is 409. The minimum absolute atomic E-state index is 0.412. The highest BCUT2D eigenvalue weighted by molar-refractivity contribution is 7.75. The Labute approximate surface area is 213 Å². The van der Waals surface area contributed by atoms with Crippen molar-refractivity contribution in [2.45, 2.75) is 150 Å². The molecular weight excluding hydrogens is 443 g/mol. The van der Waals surface area contributed by atoms with Crippen molar-refractivity contribution < 1.29 is 19.8 Å². The first kappa shape index (κ1) is 35.5. The molecule has 0 aromatic rings. The molecule has 0 bridgehead atoms. The third-order valence-electron chi connectivity index (χ3n) is 6.76. The molecule has 0 rings (SSSR count). The van der Waals surface area contributed by atoms with E-state index in [1.54, 1.807) is 0 Å². The van der Waals surface area contributed by atoms with E-state index >= 15 is 0 Å². The predicted octanol–water partition coefficient (Wildman–Crippen LogP) is 8.32. The fourth-order valence-corrected chi connectivity index (χ4v) is 9.38. The Morgan fingerprint density at radius 3 is 1.09 bits per heavy atom. The van der Waals surface area contributed by atoms with Crippen molar-refractivity contribution in [1.82, 2.24) is 0 Å². The van der Waals surface area contributed by atoms with Crippen LogP contribution in [0.1, 0.15) is 150 Å². The quantitative estimate of drug-likeness (QED) is 0.106. The summed E-state index contributed by atoms with van der Waals surface area (Å²) >= 11 is 0. The van der Waals surface area contributed by atoms with Gasteiger partial charge in [0, 0.05) is 13.2 Å². The van der Waals surface area contributed by atoms with Crippen molar-refractivity contribution in [3.05, 3.63) is 0 Å². The van der Waals surface area contributed by atoms with Gasteiger partial charge in [-0.3, -0.25) is 4.79 Å². The zero-order chi connectivity index (χ0) is 25.9. The molecular formula is C29H59O4P. The Morgan fingerprint density at radius 1 is 0.559 bits per heavy atom. The number of rotatable bonds is 24. The highest BCUT2D eigenvalue weighted by atomic mass is 31.2. The Morgan fingerprint density at radius 2 is 0.824 bits per heavy atom. The topological polar surface area (TPSA) is 77.4 Å². The van der Waals surface area contributed by atoms with Crippen molar-refractivity contribution in [3.8, 4) is 0 Å². The molecule has 0 aliphatic heterocycles. The van der Waals surface area contributed by atoms with Gasteiger partial charge in [-0.15, -0.1) is 0 Å². The summed E-state index contributed by atoms with van der Waals surface area (Å²) in [5.74, 6) is -1.66. The Kier molecular flexibility index (Phi) is 28.2. The second kappa shape index (κ2) is 27.0. The maximum atomic E-state index is 11.4. The zero-order valence-electron chi connectivity index (χ0n) is 23.4. The fourth-order valence-electron chi connectivity index (χ4n) is 4.69. The highest BCUT2D eigenvalue weighted by Crippen LogP contribution is 2.61. The minimum Gasteiger partial charge on any atom is -0.550 e. The van der Waals surface area contributed by atoms with Crippen LogP contribution in [0.4, 0.5) is 0 Å². The molecule has 0 amide bonds. The van der Waals surface area contributed by atoms with Crippen molar-refractivity contribution >= 4 is 19.2 Å². The van der Waals surface area contributed by atoms with E-state index in [2.05, 4.69) is 20.8 Å². The van der Waals surface area contributed by atoms with Crippen molar-refractivity contribution in [1.29, 1.82) is 0 Å². The van der Waals surface area contributed by atoms with E-state index in [4.69, 9.17) is 9.90 Å². The van der Waals surface area contributed by atoms with Crippen molar-refractivity contribution in [3.63, 3.8) is 0 Å². The average Bonchev–Trinajstić information content (AvgIpc) is 2.79. The highest BCUT2D eigenvalue weighted by Gasteiger charge is 2.36. The van der Waals surface area contributed by atoms with E-state index in [1.807, 2.05) is 0 Å². The molecule has 0 aliphatic carbocycles. The Hall–Kier alpha value is -0.630. The molecule has 0 radical (unpaired) electrons. The standard InChI is InChI=1S/C27H55O2P.C2H4O2/c1-4-7-10-13-16-19-23-30(26-22-27(28)29,24-20-17-14-11-8-5-2)25-21-18-15-12-9-6-3;1-2(3)4/h4-26H2,1-3H3;1H3,(H,3,4). The van der Waals surface area contributed by atoms with Crippen LogP contribution in [0.25, 0.3) is 0 Å². The lowest BCUT2D eigenvalue weighted by Gasteiger charge is -2.28. The lowest BCUT2D eigenvalue weighted by molar-refractivity contribution is -0.302. The summed E-state index contributed by atoms with van der Waals surface area (Å²) in [6.45, 7) is 7.82. The molecule has 204 valence electrons. The van der Waals surface area contributed by atoms with Crippen LogP contribution in [-0.4, -0.2) is 41.7 Å². The molecule has 0 saturated carbocycles. The Balaban J connectivity index is 0. The minimum atomic E-state index is -1.10. The molecule has 0 saturated heterocycles. The molecule has 5 heteroatoms. The summed E-state index contributed by atoms with van der Waals surface area (Å²) < 4.78 is 0. The number of hydrogen-bond acceptors (Lipinski definition) is 3. The molecule has 0 unspecified atom stereocenters. The molecule has 0 aliphatic rings. The largest absolute Gasteiger partial charge is 0.550 e. The van der Waals surface area contributed by atoms with E-state index in [-0.39, 0.29) is 0 Å². The second-order valence-electron chi connectivity index (χ2n) is 10.2. The molecule has 0 fully saturated rings. The van der Waals surface area contributed by atoms with Gasteiger partial charge in [0.05, 0.1) is 31.1 Å². The molecule has 0 aromatic carbocycles. The van der Waals surface area contributed by atoms with Gasteiger partial charge >= 0.3 is 5.97 Å². The van der Waals surface area contributed by atoms with E-state index < -0.39 is 19.2 Å². The lowest BCUT2D eigenvalue weighted by Crippen LogP contribution is -2.16. The van der Waals surface area contributed by atoms with Gasteiger partial charge in [0.15, 0.2) is 0 Å². The molecule has 0 spiro atoms. The smallest absolute Gasteiger partial charge is 0.307 e. The van der Waals surface area contributed by atoms with Crippen LogP contribution in [0, 0.1) is 0 Å². The van der Waals surface area contributed by atoms with Crippen LogP contribution >= 0.6 is 7.26 Å². The number of carboxylic acids is 2. The second-order valence-corrected chi connectivity index (χ2v) is 14.6. The number of unbranched alkanes of at least 4 members (excludes halogenated alkanes) is 15. The third-order valence-corrected chi connectivity index (χ3v) is 11.7. The van der Waals surface area contributed by atoms with Crippen molar-refractivity contribution in [2.75, 3.05) is 24.6 Å². The number of hydrogen-bond donors (Lipinski definition) is 1. The molecule has 0 aromatic heterocycles. The van der Waals surface area contributed by atoms with Gasteiger partial charge in [-0.2, -0.15) is 0 Å².